The van der Waals surface area contributed by atoms with Gasteiger partial charge < -0.3 is 15.5 Å². The third kappa shape index (κ3) is 3.32. The number of benzene rings is 2. The van der Waals surface area contributed by atoms with Crippen LogP contribution in [0.1, 0.15) is 15.9 Å². The smallest absolute Gasteiger partial charge is 0.337 e. The van der Waals surface area contributed by atoms with Crippen molar-refractivity contribution in [2.45, 2.75) is 6.54 Å². The molecular weight excluding hydrogens is 390 g/mol. The van der Waals surface area contributed by atoms with Gasteiger partial charge >= 0.3 is 5.97 Å². The van der Waals surface area contributed by atoms with Gasteiger partial charge in [0.05, 0.1) is 10.0 Å². The summed E-state index contributed by atoms with van der Waals surface area (Å²) in [6, 6.07) is 10.2. The number of carboxylic acid groups (broad SMARTS) is 1. The van der Waals surface area contributed by atoms with E-state index < -0.39 is 5.97 Å². The first kappa shape index (κ1) is 14.9. The minimum absolute atomic E-state index is 0.133. The van der Waals surface area contributed by atoms with E-state index in [9.17, 15) is 9.90 Å². The summed E-state index contributed by atoms with van der Waals surface area (Å²) in [6.07, 6.45) is 0. The Kier molecular flexibility index (Phi) is 4.67. The molecule has 0 fully saturated rings. The monoisotopic (exact) mass is 399 g/mol. The second kappa shape index (κ2) is 6.28. The van der Waals surface area contributed by atoms with E-state index in [1.165, 1.54) is 6.07 Å². The predicted molar refractivity (Wildman–Crippen MR) is 84.2 cm³/mol. The van der Waals surface area contributed by atoms with Crippen LogP contribution >= 0.6 is 31.9 Å². The van der Waals surface area contributed by atoms with Gasteiger partial charge in [0, 0.05) is 22.3 Å². The second-order valence-electron chi connectivity index (χ2n) is 4.10. The summed E-state index contributed by atoms with van der Waals surface area (Å²) in [4.78, 5) is 11.1. The quantitative estimate of drug-likeness (QED) is 0.718. The summed E-state index contributed by atoms with van der Waals surface area (Å²) in [5.41, 5.74) is 1.36. The van der Waals surface area contributed by atoms with Gasteiger partial charge in [0.15, 0.2) is 0 Å². The highest BCUT2D eigenvalue weighted by molar-refractivity contribution is 9.11. The number of nitrogens with one attached hydrogen (secondary N) is 1. The van der Waals surface area contributed by atoms with Crippen LogP contribution in [-0.2, 0) is 6.54 Å². The van der Waals surface area contributed by atoms with Gasteiger partial charge in [-0.15, -0.1) is 0 Å². The van der Waals surface area contributed by atoms with E-state index in [2.05, 4.69) is 37.2 Å². The van der Waals surface area contributed by atoms with E-state index in [1.807, 2.05) is 0 Å². The van der Waals surface area contributed by atoms with E-state index >= 15 is 0 Å². The highest BCUT2D eigenvalue weighted by atomic mass is 79.9. The van der Waals surface area contributed by atoms with Gasteiger partial charge in [0.1, 0.15) is 5.75 Å². The molecule has 2 aromatic rings. The molecule has 0 saturated heterocycles. The number of hydrogen-bond donors (Lipinski definition) is 3. The number of halogens is 2. The highest BCUT2D eigenvalue weighted by Gasteiger charge is 2.11. The molecule has 0 aliphatic carbocycles. The molecule has 0 bridgehead atoms. The first-order chi connectivity index (χ1) is 9.49. The van der Waals surface area contributed by atoms with Crippen molar-refractivity contribution in [2.24, 2.45) is 0 Å². The van der Waals surface area contributed by atoms with Crippen LogP contribution in [0.4, 0.5) is 5.69 Å². The lowest BCUT2D eigenvalue weighted by Crippen LogP contribution is -2.06. The van der Waals surface area contributed by atoms with Crippen molar-refractivity contribution >= 4 is 43.5 Å². The van der Waals surface area contributed by atoms with E-state index in [4.69, 9.17) is 5.11 Å². The Bertz CT molecular complexity index is 659. The highest BCUT2D eigenvalue weighted by Crippen LogP contribution is 2.32. The van der Waals surface area contributed by atoms with Gasteiger partial charge in [-0.25, -0.2) is 4.79 Å². The van der Waals surface area contributed by atoms with Crippen LogP contribution in [0.5, 0.6) is 5.75 Å². The molecule has 104 valence electrons. The Morgan fingerprint density at radius 1 is 1.20 bits per heavy atom. The Hall–Kier alpha value is -1.53. The zero-order valence-corrected chi connectivity index (χ0v) is 13.4. The summed E-state index contributed by atoms with van der Waals surface area (Å²) in [6.45, 7) is 0.314. The van der Waals surface area contributed by atoms with E-state index in [0.29, 0.717) is 22.3 Å². The number of carbonyl (C=O) groups is 1. The fourth-order valence-corrected chi connectivity index (χ4v) is 3.08. The van der Waals surface area contributed by atoms with Crippen LogP contribution in [0.25, 0.3) is 0 Å². The predicted octanol–water partition coefficient (Wildman–Crippen LogP) is 4.23. The normalized spacial score (nSPS) is 10.3. The molecule has 0 amide bonds. The van der Waals surface area contributed by atoms with Crippen LogP contribution in [0.3, 0.4) is 0 Å². The van der Waals surface area contributed by atoms with Crippen LogP contribution in [0.15, 0.2) is 45.3 Å². The molecule has 20 heavy (non-hydrogen) atoms. The third-order valence-corrected chi connectivity index (χ3v) is 3.80. The van der Waals surface area contributed by atoms with Crippen LogP contribution < -0.4 is 5.32 Å². The molecule has 0 spiro atoms. The Balaban J connectivity index is 2.24. The van der Waals surface area contributed by atoms with Crippen molar-refractivity contribution in [2.75, 3.05) is 5.32 Å². The minimum Gasteiger partial charge on any atom is -0.506 e. The largest absolute Gasteiger partial charge is 0.506 e. The maximum atomic E-state index is 11.1. The van der Waals surface area contributed by atoms with Gasteiger partial charge in [-0.3, -0.25) is 0 Å². The average Bonchev–Trinajstić information content (AvgIpc) is 2.41. The van der Waals surface area contributed by atoms with Crippen molar-refractivity contribution in [1.29, 1.82) is 0 Å². The maximum absolute atomic E-state index is 11.1. The number of para-hydroxylation sites is 1. The second-order valence-corrected chi connectivity index (χ2v) is 5.87. The van der Waals surface area contributed by atoms with Crippen LogP contribution in [0.2, 0.25) is 0 Å². The minimum atomic E-state index is -0.993. The van der Waals surface area contributed by atoms with Gasteiger partial charge in [-0.1, -0.05) is 28.1 Å². The number of phenolic OH excluding ortho intramolecular Hbond substituents is 1. The maximum Gasteiger partial charge on any atom is 0.337 e. The molecule has 0 atom stereocenters. The summed E-state index contributed by atoms with van der Waals surface area (Å²) in [5, 5.41) is 22.1. The van der Waals surface area contributed by atoms with Gasteiger partial charge in [0.25, 0.3) is 0 Å². The summed E-state index contributed by atoms with van der Waals surface area (Å²) in [5.74, 6) is -0.860. The first-order valence-corrected chi connectivity index (χ1v) is 7.30. The molecule has 0 heterocycles. The number of aromatic carboxylic acids is 1. The molecule has 0 saturated carbocycles. The number of rotatable bonds is 4. The van der Waals surface area contributed by atoms with E-state index in [-0.39, 0.29) is 11.3 Å². The lowest BCUT2D eigenvalue weighted by Gasteiger charge is -2.12. The zero-order valence-electron chi connectivity index (χ0n) is 10.2. The summed E-state index contributed by atoms with van der Waals surface area (Å²) < 4.78 is 1.40. The Labute approximate surface area is 132 Å². The molecule has 2 aromatic carbocycles. The molecule has 2 rings (SSSR count). The number of hydrogen-bond acceptors (Lipinski definition) is 3. The molecule has 0 aliphatic rings. The first-order valence-electron chi connectivity index (χ1n) is 5.72. The number of anilines is 1. The van der Waals surface area contributed by atoms with Crippen molar-refractivity contribution in [3.05, 3.63) is 56.5 Å². The van der Waals surface area contributed by atoms with Crippen LogP contribution in [0, 0.1) is 0 Å². The number of aromatic hydroxyl groups is 1. The molecule has 4 nitrogen and oxygen atoms in total. The van der Waals surface area contributed by atoms with E-state index in [0.717, 1.165) is 4.47 Å². The SMILES string of the molecule is O=C(O)c1ccccc1NCc1cc(Br)cc(Br)c1O. The molecule has 6 heteroatoms. The molecule has 0 unspecified atom stereocenters. The fraction of sp³-hybridized carbons (Fsp3) is 0.0714. The molecule has 0 aromatic heterocycles. The standard InChI is InChI=1S/C14H11Br2NO3/c15-9-5-8(13(18)11(16)6-9)7-17-12-4-2-1-3-10(12)14(19)20/h1-6,17-18H,7H2,(H,19,20). The topological polar surface area (TPSA) is 69.6 Å². The number of carboxylic acids is 1. The number of phenols is 1. The van der Waals surface area contributed by atoms with E-state index in [1.54, 1.807) is 30.3 Å². The van der Waals surface area contributed by atoms with Crippen molar-refractivity contribution < 1.29 is 15.0 Å². The van der Waals surface area contributed by atoms with Crippen molar-refractivity contribution in [3.8, 4) is 5.75 Å². The molecule has 0 aliphatic heterocycles. The fourth-order valence-electron chi connectivity index (χ4n) is 1.77. The van der Waals surface area contributed by atoms with Crippen LogP contribution in [-0.4, -0.2) is 16.2 Å². The molecule has 3 N–H and O–H groups in total. The average molecular weight is 401 g/mol. The van der Waals surface area contributed by atoms with Crippen molar-refractivity contribution in [1.82, 2.24) is 0 Å². The van der Waals surface area contributed by atoms with Crippen molar-refractivity contribution in [3.63, 3.8) is 0 Å². The van der Waals surface area contributed by atoms with Gasteiger partial charge in [-0.05, 0) is 40.2 Å². The summed E-state index contributed by atoms with van der Waals surface area (Å²) in [7, 11) is 0. The lowest BCUT2D eigenvalue weighted by atomic mass is 10.1. The van der Waals surface area contributed by atoms with Gasteiger partial charge in [0.2, 0.25) is 0 Å². The third-order valence-electron chi connectivity index (χ3n) is 2.73. The Morgan fingerprint density at radius 2 is 1.90 bits per heavy atom. The van der Waals surface area contributed by atoms with Gasteiger partial charge in [-0.2, -0.15) is 0 Å². The molecular formula is C14H11Br2NO3. The summed E-state index contributed by atoms with van der Waals surface area (Å²) >= 11 is 6.61. The zero-order chi connectivity index (χ0) is 14.7. The molecule has 0 radical (unpaired) electrons. The lowest BCUT2D eigenvalue weighted by molar-refractivity contribution is 0.0698. The Morgan fingerprint density at radius 3 is 2.60 bits per heavy atom.